The van der Waals surface area contributed by atoms with E-state index in [4.69, 9.17) is 9.47 Å². The van der Waals surface area contributed by atoms with Crippen LogP contribution in [0.1, 0.15) is 19.8 Å². The van der Waals surface area contributed by atoms with Crippen molar-refractivity contribution in [3.63, 3.8) is 0 Å². The van der Waals surface area contributed by atoms with E-state index in [1.54, 1.807) is 0 Å². The van der Waals surface area contributed by atoms with Crippen LogP contribution in [-0.2, 0) is 14.0 Å². The first-order valence-corrected chi connectivity index (χ1v) is 5.79. The van der Waals surface area contributed by atoms with Gasteiger partial charge in [0.25, 0.3) is 0 Å². The Labute approximate surface area is 143 Å². The van der Waals surface area contributed by atoms with E-state index < -0.39 is 8.60 Å². The summed E-state index contributed by atoms with van der Waals surface area (Å²) in [5.74, 6) is 0. The van der Waals surface area contributed by atoms with Gasteiger partial charge in [0, 0.05) is 6.61 Å². The van der Waals surface area contributed by atoms with Crippen molar-refractivity contribution in [1.29, 1.82) is 0 Å². The zero-order valence-electron chi connectivity index (χ0n) is 10.4. The second-order valence-electron chi connectivity index (χ2n) is 2.64. The predicted octanol–water partition coefficient (Wildman–Crippen LogP) is -6.21. The molecule has 0 aromatic rings. The molecule has 0 spiro atoms. The SMILES string of the molecule is CCCCOCCOCCOP([O-])[O-].[Na+].[Na+]. The smallest absolute Gasteiger partial charge is 0.820 e. The van der Waals surface area contributed by atoms with Gasteiger partial charge in [0.1, 0.15) is 0 Å². The van der Waals surface area contributed by atoms with Gasteiger partial charge in [-0.3, -0.25) is 0 Å². The van der Waals surface area contributed by atoms with Crippen molar-refractivity contribution in [2.75, 3.05) is 33.0 Å². The van der Waals surface area contributed by atoms with Crippen molar-refractivity contribution >= 4 is 8.60 Å². The molecule has 0 N–H and O–H groups in total. The average Bonchev–Trinajstić information content (AvgIpc) is 2.15. The summed E-state index contributed by atoms with van der Waals surface area (Å²) in [6.07, 6.45) is 2.17. The van der Waals surface area contributed by atoms with E-state index in [1.807, 2.05) is 0 Å². The fourth-order valence-corrected chi connectivity index (χ4v) is 0.963. The summed E-state index contributed by atoms with van der Waals surface area (Å²) >= 11 is 0. The number of hydrogen-bond donors (Lipinski definition) is 0. The molecule has 16 heavy (non-hydrogen) atoms. The first-order chi connectivity index (χ1) is 6.77. The second kappa shape index (κ2) is 19.6. The van der Waals surface area contributed by atoms with E-state index in [2.05, 4.69) is 11.4 Å². The summed E-state index contributed by atoms with van der Waals surface area (Å²) in [6, 6.07) is 0. The van der Waals surface area contributed by atoms with Crippen molar-refractivity contribution in [3.05, 3.63) is 0 Å². The van der Waals surface area contributed by atoms with E-state index in [0.717, 1.165) is 19.4 Å². The first-order valence-electron chi connectivity index (χ1n) is 4.70. The minimum Gasteiger partial charge on any atom is -0.820 e. The Bertz CT molecular complexity index is 121. The van der Waals surface area contributed by atoms with Crippen molar-refractivity contribution in [2.45, 2.75) is 19.8 Å². The molecule has 0 saturated heterocycles. The van der Waals surface area contributed by atoms with Crippen molar-refractivity contribution in [3.8, 4) is 0 Å². The molecule has 0 fully saturated rings. The summed E-state index contributed by atoms with van der Waals surface area (Å²) < 4.78 is 14.5. The summed E-state index contributed by atoms with van der Waals surface area (Å²) in [5.41, 5.74) is 0. The van der Waals surface area contributed by atoms with Crippen molar-refractivity contribution in [2.24, 2.45) is 0 Å². The van der Waals surface area contributed by atoms with Crippen LogP contribution >= 0.6 is 8.60 Å². The molecule has 0 rings (SSSR count). The summed E-state index contributed by atoms with van der Waals surface area (Å²) in [4.78, 5) is 19.9. The molecular formula is C8H17Na2O5P. The third-order valence-electron chi connectivity index (χ3n) is 1.44. The third kappa shape index (κ3) is 21.5. The molecule has 0 amide bonds. The van der Waals surface area contributed by atoms with Gasteiger partial charge in [-0.2, -0.15) is 8.60 Å². The predicted molar refractivity (Wildman–Crippen MR) is 49.4 cm³/mol. The molecule has 0 unspecified atom stereocenters. The first kappa shape index (κ1) is 23.3. The van der Waals surface area contributed by atoms with E-state index in [0.29, 0.717) is 13.2 Å². The summed E-state index contributed by atoms with van der Waals surface area (Å²) in [7, 11) is -2.74. The van der Waals surface area contributed by atoms with Crippen LogP contribution in [-0.4, -0.2) is 33.0 Å². The van der Waals surface area contributed by atoms with Crippen LogP contribution in [0.2, 0.25) is 0 Å². The van der Waals surface area contributed by atoms with Crippen LogP contribution in [0.25, 0.3) is 0 Å². The van der Waals surface area contributed by atoms with Gasteiger partial charge < -0.3 is 23.8 Å². The van der Waals surface area contributed by atoms with Crippen LogP contribution < -0.4 is 68.9 Å². The van der Waals surface area contributed by atoms with Gasteiger partial charge in [0.2, 0.25) is 0 Å². The maximum absolute atomic E-state index is 9.94. The Kier molecular flexibility index (Phi) is 28.5. The molecule has 0 aromatic carbocycles. The molecule has 8 heteroatoms. The standard InChI is InChI=1S/C8H17O5P.2Na/c1-2-3-4-11-5-6-12-7-8-13-14(9)10;;/h2-8H2,1H3;;/q-2;2*+1. The largest absolute Gasteiger partial charge is 1.00 e. The van der Waals surface area contributed by atoms with Gasteiger partial charge in [-0.15, -0.1) is 0 Å². The Balaban J connectivity index is -0.000000845. The van der Waals surface area contributed by atoms with Gasteiger partial charge in [-0.25, -0.2) is 0 Å². The molecule has 86 valence electrons. The minimum absolute atomic E-state index is 0. The Morgan fingerprint density at radius 3 is 1.88 bits per heavy atom. The number of unbranched alkanes of at least 4 members (excludes halogenated alkanes) is 1. The van der Waals surface area contributed by atoms with Crippen LogP contribution in [0.3, 0.4) is 0 Å². The normalized spacial score (nSPS) is 9.75. The average molecular weight is 270 g/mol. The Morgan fingerprint density at radius 2 is 1.38 bits per heavy atom. The maximum atomic E-state index is 9.94. The Hall–Kier alpha value is 2.23. The Morgan fingerprint density at radius 1 is 0.875 bits per heavy atom. The fraction of sp³-hybridized carbons (Fsp3) is 1.00. The summed E-state index contributed by atoms with van der Waals surface area (Å²) in [5, 5.41) is 0. The van der Waals surface area contributed by atoms with E-state index in [9.17, 15) is 9.79 Å². The third-order valence-corrected chi connectivity index (χ3v) is 1.83. The van der Waals surface area contributed by atoms with Crippen LogP contribution in [0.5, 0.6) is 0 Å². The molecule has 0 aliphatic carbocycles. The topological polar surface area (TPSA) is 73.8 Å². The zero-order valence-corrected chi connectivity index (χ0v) is 15.3. The van der Waals surface area contributed by atoms with E-state index >= 15 is 0 Å². The van der Waals surface area contributed by atoms with Gasteiger partial charge >= 0.3 is 59.1 Å². The quantitative estimate of drug-likeness (QED) is 0.224. The van der Waals surface area contributed by atoms with Gasteiger partial charge in [0.05, 0.1) is 26.4 Å². The van der Waals surface area contributed by atoms with Crippen molar-refractivity contribution in [1.82, 2.24) is 0 Å². The molecular weight excluding hydrogens is 253 g/mol. The molecule has 0 aliphatic heterocycles. The summed E-state index contributed by atoms with van der Waals surface area (Å²) in [6.45, 7) is 4.23. The van der Waals surface area contributed by atoms with Gasteiger partial charge in [0.15, 0.2) is 0 Å². The molecule has 0 saturated carbocycles. The molecule has 0 atom stereocenters. The number of rotatable bonds is 10. The fourth-order valence-electron chi connectivity index (χ4n) is 0.739. The molecule has 0 aliphatic rings. The molecule has 0 bridgehead atoms. The van der Waals surface area contributed by atoms with Crippen LogP contribution in [0.15, 0.2) is 0 Å². The van der Waals surface area contributed by atoms with Crippen LogP contribution in [0.4, 0.5) is 0 Å². The number of hydrogen-bond acceptors (Lipinski definition) is 5. The van der Waals surface area contributed by atoms with Crippen LogP contribution in [0, 0.1) is 0 Å². The molecule has 0 aromatic heterocycles. The van der Waals surface area contributed by atoms with Crippen molar-refractivity contribution < 1.29 is 82.9 Å². The number of ether oxygens (including phenoxy) is 2. The molecule has 0 radical (unpaired) electrons. The van der Waals surface area contributed by atoms with Gasteiger partial charge in [-0.05, 0) is 6.42 Å². The van der Waals surface area contributed by atoms with E-state index in [-0.39, 0.29) is 72.3 Å². The van der Waals surface area contributed by atoms with E-state index in [1.165, 1.54) is 0 Å². The second-order valence-corrected chi connectivity index (χ2v) is 3.34. The minimum atomic E-state index is -2.74. The zero-order chi connectivity index (χ0) is 10.6. The molecule has 0 heterocycles. The maximum Gasteiger partial charge on any atom is 1.00 e. The van der Waals surface area contributed by atoms with Gasteiger partial charge in [-0.1, -0.05) is 13.3 Å². The monoisotopic (exact) mass is 270 g/mol. The molecule has 5 nitrogen and oxygen atoms in total.